The van der Waals surface area contributed by atoms with Gasteiger partial charge in [-0.3, -0.25) is 9.67 Å². The molecular formula is C14H19N5O3S. The normalized spacial score (nSPS) is 19.7. The smallest absolute Gasteiger partial charge is 0.246 e. The molecule has 23 heavy (non-hydrogen) atoms. The largest absolute Gasteiger partial charge is 0.387 e. The molecule has 0 bridgehead atoms. The first-order chi connectivity index (χ1) is 11.0. The molecule has 1 N–H and O–H groups in total. The number of pyridine rings is 1. The van der Waals surface area contributed by atoms with E-state index in [-0.39, 0.29) is 17.5 Å². The van der Waals surface area contributed by atoms with E-state index in [1.165, 1.54) is 21.4 Å². The fourth-order valence-electron chi connectivity index (χ4n) is 2.45. The maximum absolute atomic E-state index is 12.7. The Morgan fingerprint density at radius 2 is 2.17 bits per heavy atom. The van der Waals surface area contributed by atoms with Gasteiger partial charge in [-0.2, -0.15) is 9.40 Å². The van der Waals surface area contributed by atoms with E-state index in [0.717, 1.165) is 11.4 Å². The number of aromatic nitrogens is 3. The van der Waals surface area contributed by atoms with E-state index in [1.807, 2.05) is 19.2 Å². The lowest BCUT2D eigenvalue weighted by atomic mass is 10.2. The first-order valence-corrected chi connectivity index (χ1v) is 8.69. The van der Waals surface area contributed by atoms with Crippen LogP contribution in [-0.2, 0) is 21.8 Å². The van der Waals surface area contributed by atoms with Crippen LogP contribution in [0.15, 0.2) is 35.6 Å². The maximum Gasteiger partial charge on any atom is 0.246 e. The van der Waals surface area contributed by atoms with Crippen molar-refractivity contribution >= 4 is 15.7 Å². The van der Waals surface area contributed by atoms with Gasteiger partial charge in [-0.1, -0.05) is 0 Å². The van der Waals surface area contributed by atoms with Crippen LogP contribution in [0.2, 0.25) is 0 Å². The van der Waals surface area contributed by atoms with E-state index in [9.17, 15) is 8.42 Å². The number of sulfonamides is 1. The number of nitrogens with one attached hydrogen (secondary N) is 1. The summed E-state index contributed by atoms with van der Waals surface area (Å²) in [6.45, 7) is 0.894. The maximum atomic E-state index is 12.7. The third kappa shape index (κ3) is 3.21. The van der Waals surface area contributed by atoms with Gasteiger partial charge in [0.15, 0.2) is 0 Å². The molecule has 1 saturated heterocycles. The Bertz CT molecular complexity index is 772. The third-order valence-corrected chi connectivity index (χ3v) is 5.57. The predicted molar refractivity (Wildman–Crippen MR) is 84.4 cm³/mol. The van der Waals surface area contributed by atoms with Crippen LogP contribution in [0.4, 0.5) is 5.69 Å². The SMILES string of the molecule is CNc1ccc(C2CN(S(=O)(=O)c3cnn(C)c3)CCO2)nc1. The van der Waals surface area contributed by atoms with Gasteiger partial charge in [0, 0.05) is 33.4 Å². The minimum absolute atomic E-state index is 0.194. The molecule has 0 aromatic carbocycles. The van der Waals surface area contributed by atoms with Crippen LogP contribution >= 0.6 is 0 Å². The summed E-state index contributed by atoms with van der Waals surface area (Å²) in [6, 6.07) is 3.73. The summed E-state index contributed by atoms with van der Waals surface area (Å²) in [4.78, 5) is 4.53. The summed E-state index contributed by atoms with van der Waals surface area (Å²) in [6.07, 6.45) is 4.19. The van der Waals surface area contributed by atoms with Gasteiger partial charge in [0.2, 0.25) is 10.0 Å². The van der Waals surface area contributed by atoms with Gasteiger partial charge in [0.25, 0.3) is 0 Å². The average Bonchev–Trinajstić information content (AvgIpc) is 3.02. The Kier molecular flexibility index (Phi) is 4.33. The van der Waals surface area contributed by atoms with E-state index in [2.05, 4.69) is 15.4 Å². The minimum atomic E-state index is -3.57. The molecule has 1 unspecified atom stereocenters. The summed E-state index contributed by atoms with van der Waals surface area (Å²) >= 11 is 0. The average molecular weight is 337 g/mol. The Labute approximate surface area is 135 Å². The first-order valence-electron chi connectivity index (χ1n) is 7.25. The van der Waals surface area contributed by atoms with Crippen LogP contribution in [0.3, 0.4) is 0 Å². The van der Waals surface area contributed by atoms with Crippen molar-refractivity contribution in [3.05, 3.63) is 36.4 Å². The lowest BCUT2D eigenvalue weighted by molar-refractivity contribution is -0.00492. The molecule has 9 heteroatoms. The molecule has 8 nitrogen and oxygen atoms in total. The lowest BCUT2D eigenvalue weighted by Crippen LogP contribution is -2.42. The molecule has 2 aromatic heterocycles. The summed E-state index contributed by atoms with van der Waals surface area (Å²) in [5.74, 6) is 0. The zero-order chi connectivity index (χ0) is 16.4. The van der Waals surface area contributed by atoms with Crippen LogP contribution in [0.5, 0.6) is 0 Å². The highest BCUT2D eigenvalue weighted by Crippen LogP contribution is 2.25. The highest BCUT2D eigenvalue weighted by Gasteiger charge is 2.32. The number of hydrogen-bond acceptors (Lipinski definition) is 6. The number of hydrogen-bond donors (Lipinski definition) is 1. The molecule has 1 fully saturated rings. The van der Waals surface area contributed by atoms with Crippen LogP contribution < -0.4 is 5.32 Å². The molecule has 1 aliphatic rings. The molecular weight excluding hydrogens is 318 g/mol. The van der Waals surface area contributed by atoms with E-state index < -0.39 is 10.0 Å². The van der Waals surface area contributed by atoms with Gasteiger partial charge in [-0.15, -0.1) is 0 Å². The molecule has 0 amide bonds. The Hall–Kier alpha value is -1.97. The van der Waals surface area contributed by atoms with Crippen molar-refractivity contribution < 1.29 is 13.2 Å². The van der Waals surface area contributed by atoms with Gasteiger partial charge in [0.05, 0.1) is 30.4 Å². The summed E-state index contributed by atoms with van der Waals surface area (Å²) in [5, 5.41) is 6.93. The molecule has 3 rings (SSSR count). The van der Waals surface area contributed by atoms with Crippen molar-refractivity contribution in [2.75, 3.05) is 32.1 Å². The number of morpholine rings is 1. The summed E-state index contributed by atoms with van der Waals surface area (Å²) in [7, 11) is -0.0607. The van der Waals surface area contributed by atoms with Gasteiger partial charge >= 0.3 is 0 Å². The minimum Gasteiger partial charge on any atom is -0.387 e. The predicted octanol–water partition coefficient (Wildman–Crippen LogP) is 0.619. The second-order valence-electron chi connectivity index (χ2n) is 5.29. The second kappa shape index (κ2) is 6.26. The van der Waals surface area contributed by atoms with Crippen molar-refractivity contribution in [2.24, 2.45) is 7.05 Å². The van der Waals surface area contributed by atoms with Gasteiger partial charge in [0.1, 0.15) is 11.0 Å². The van der Waals surface area contributed by atoms with Gasteiger partial charge in [-0.25, -0.2) is 8.42 Å². The van der Waals surface area contributed by atoms with E-state index in [0.29, 0.717) is 13.2 Å². The summed E-state index contributed by atoms with van der Waals surface area (Å²) < 4.78 is 33.9. The third-order valence-electron chi connectivity index (χ3n) is 3.75. The number of ether oxygens (including phenoxy) is 1. The molecule has 0 spiro atoms. The number of anilines is 1. The Morgan fingerprint density at radius 1 is 1.35 bits per heavy atom. The van der Waals surface area contributed by atoms with Crippen LogP contribution in [0.1, 0.15) is 11.8 Å². The molecule has 124 valence electrons. The standard InChI is InChI=1S/C14H19N5O3S/c1-15-11-3-4-13(16-7-11)14-10-19(5-6-22-14)23(20,21)12-8-17-18(2)9-12/h3-4,7-9,14-15H,5-6,10H2,1-2H3. The highest BCUT2D eigenvalue weighted by atomic mass is 32.2. The summed E-state index contributed by atoms with van der Waals surface area (Å²) in [5.41, 5.74) is 1.61. The number of nitrogens with zero attached hydrogens (tertiary/aromatic N) is 4. The molecule has 0 saturated carbocycles. The van der Waals surface area contributed by atoms with Crippen LogP contribution in [0, 0.1) is 0 Å². The number of rotatable bonds is 4. The van der Waals surface area contributed by atoms with Crippen molar-refractivity contribution in [3.63, 3.8) is 0 Å². The van der Waals surface area contributed by atoms with Crippen LogP contribution in [0.25, 0.3) is 0 Å². The lowest BCUT2D eigenvalue weighted by Gasteiger charge is -2.31. The fraction of sp³-hybridized carbons (Fsp3) is 0.429. The monoisotopic (exact) mass is 337 g/mol. The fourth-order valence-corrected chi connectivity index (χ4v) is 3.86. The van der Waals surface area contributed by atoms with E-state index >= 15 is 0 Å². The zero-order valence-electron chi connectivity index (χ0n) is 13.0. The zero-order valence-corrected chi connectivity index (χ0v) is 13.8. The Morgan fingerprint density at radius 3 is 2.78 bits per heavy atom. The quantitative estimate of drug-likeness (QED) is 0.880. The van der Waals surface area contributed by atoms with E-state index in [1.54, 1.807) is 13.2 Å². The van der Waals surface area contributed by atoms with Crippen LogP contribution in [-0.4, -0.2) is 54.2 Å². The van der Waals surface area contributed by atoms with Crippen molar-refractivity contribution in [1.29, 1.82) is 0 Å². The number of aryl methyl sites for hydroxylation is 1. The topological polar surface area (TPSA) is 89.4 Å². The van der Waals surface area contributed by atoms with Gasteiger partial charge < -0.3 is 10.1 Å². The molecule has 1 aliphatic heterocycles. The van der Waals surface area contributed by atoms with Crippen molar-refractivity contribution in [2.45, 2.75) is 11.0 Å². The molecule has 3 heterocycles. The van der Waals surface area contributed by atoms with Crippen molar-refractivity contribution in [1.82, 2.24) is 19.1 Å². The van der Waals surface area contributed by atoms with Crippen molar-refractivity contribution in [3.8, 4) is 0 Å². The molecule has 2 aromatic rings. The molecule has 0 aliphatic carbocycles. The van der Waals surface area contributed by atoms with E-state index in [4.69, 9.17) is 4.74 Å². The highest BCUT2D eigenvalue weighted by molar-refractivity contribution is 7.89. The first kappa shape index (κ1) is 15.9. The van der Waals surface area contributed by atoms with Gasteiger partial charge in [-0.05, 0) is 12.1 Å². The molecule has 0 radical (unpaired) electrons. The second-order valence-corrected chi connectivity index (χ2v) is 7.23. The Balaban J connectivity index is 1.80. The molecule has 1 atom stereocenters.